The summed E-state index contributed by atoms with van der Waals surface area (Å²) in [6.45, 7) is 5.06. The molecular formula is C30H49FO3. The molecular weight excluding hydrogens is 427 g/mol. The van der Waals surface area contributed by atoms with Crippen molar-refractivity contribution in [3.63, 3.8) is 0 Å². The summed E-state index contributed by atoms with van der Waals surface area (Å²) in [4.78, 5) is 11.9. The van der Waals surface area contributed by atoms with Gasteiger partial charge in [-0.3, -0.25) is 0 Å². The molecule has 0 unspecified atom stereocenters. The average Bonchev–Trinajstić information content (AvgIpc) is 2.86. The number of carbonyl (C=O) groups is 1. The van der Waals surface area contributed by atoms with E-state index in [0.29, 0.717) is 5.92 Å². The van der Waals surface area contributed by atoms with Crippen LogP contribution in [-0.4, -0.2) is 24.9 Å². The number of ether oxygens (including phenoxy) is 2. The maximum Gasteiger partial charge on any atom is 0.340 e. The highest BCUT2D eigenvalue weighted by Crippen LogP contribution is 2.35. The van der Waals surface area contributed by atoms with E-state index in [9.17, 15) is 9.18 Å². The van der Waals surface area contributed by atoms with Crippen molar-refractivity contribution in [2.75, 3.05) is 6.61 Å². The molecule has 1 aliphatic rings. The van der Waals surface area contributed by atoms with E-state index in [1.54, 1.807) is 0 Å². The summed E-state index contributed by atoms with van der Waals surface area (Å²) in [6.07, 6.45) is 17.2. The molecule has 1 fully saturated rings. The van der Waals surface area contributed by atoms with Gasteiger partial charge in [-0.2, -0.15) is 0 Å². The Bertz CT molecular complexity index is 637. The molecule has 3 nitrogen and oxygen atoms in total. The molecule has 1 aliphatic carbocycles. The molecule has 1 aromatic rings. The fourth-order valence-electron chi connectivity index (χ4n) is 4.87. The van der Waals surface area contributed by atoms with Gasteiger partial charge in [0, 0.05) is 0 Å². The van der Waals surface area contributed by atoms with E-state index in [1.807, 2.05) is 6.92 Å². The Morgan fingerprint density at radius 3 is 1.97 bits per heavy atom. The molecule has 0 N–H and O–H groups in total. The van der Waals surface area contributed by atoms with Crippen LogP contribution in [0, 0.1) is 0 Å². The van der Waals surface area contributed by atoms with E-state index in [0.717, 1.165) is 57.3 Å². The summed E-state index contributed by atoms with van der Waals surface area (Å²) in [5.74, 6) is 0.761. The van der Waals surface area contributed by atoms with Crippen molar-refractivity contribution < 1.29 is 18.7 Å². The zero-order chi connectivity index (χ0) is 24.4. The van der Waals surface area contributed by atoms with Crippen molar-refractivity contribution >= 4 is 5.97 Å². The molecule has 0 saturated heterocycles. The monoisotopic (exact) mass is 476 g/mol. The van der Waals surface area contributed by atoms with Gasteiger partial charge >= 0.3 is 5.97 Å². The average molecular weight is 477 g/mol. The Morgan fingerprint density at radius 1 is 0.824 bits per heavy atom. The fraction of sp³-hybridized carbons (Fsp3) is 0.767. The molecule has 1 saturated carbocycles. The molecule has 4 heteroatoms. The van der Waals surface area contributed by atoms with Crippen LogP contribution in [0.1, 0.15) is 134 Å². The topological polar surface area (TPSA) is 35.5 Å². The first-order chi connectivity index (χ1) is 16.6. The number of halogens is 1. The van der Waals surface area contributed by atoms with Crippen LogP contribution in [0.5, 0.6) is 5.75 Å². The molecule has 0 bridgehead atoms. The smallest absolute Gasteiger partial charge is 0.340 e. The Balaban J connectivity index is 1.55. The number of rotatable bonds is 18. The van der Waals surface area contributed by atoms with Crippen LogP contribution in [0.15, 0.2) is 24.3 Å². The fourth-order valence-corrected chi connectivity index (χ4v) is 4.87. The normalized spacial score (nSPS) is 19.0. The van der Waals surface area contributed by atoms with E-state index in [-0.39, 0.29) is 12.5 Å². The number of hydrogen-bond acceptors (Lipinski definition) is 3. The lowest BCUT2D eigenvalue weighted by Crippen LogP contribution is -2.28. The van der Waals surface area contributed by atoms with Crippen LogP contribution in [0.2, 0.25) is 0 Å². The second-order valence-electron chi connectivity index (χ2n) is 10.1. The summed E-state index contributed by atoms with van der Waals surface area (Å²) in [6, 6.07) is 8.51. The van der Waals surface area contributed by atoms with Gasteiger partial charge in [0.1, 0.15) is 11.9 Å². The van der Waals surface area contributed by atoms with Gasteiger partial charge in [0.25, 0.3) is 0 Å². The van der Waals surface area contributed by atoms with Crippen molar-refractivity contribution in [1.29, 1.82) is 0 Å². The molecule has 1 aromatic carbocycles. The standard InChI is InChI=1S/C30H49FO3/c1-3-5-7-8-9-10-11-12-13-14-24-33-27-20-16-25(17-21-27)26-18-22-28(23-19-26)34-30(32)29(31)15-6-4-2/h16-17,20-21,26,28-29H,3-15,18-19,22-24H2,1-2H3/t26?,28?,29-/m0/s1. The SMILES string of the molecule is CCCCCCCCCCCCOc1ccc(C2CCC(OC(=O)[C@@H](F)CCCC)CC2)cc1. The van der Waals surface area contributed by atoms with E-state index in [2.05, 4.69) is 31.2 Å². The quantitative estimate of drug-likeness (QED) is 0.156. The third kappa shape index (κ3) is 11.7. The number of hydrogen-bond donors (Lipinski definition) is 0. The molecule has 2 rings (SSSR count). The largest absolute Gasteiger partial charge is 0.494 e. The van der Waals surface area contributed by atoms with Gasteiger partial charge in [0.2, 0.25) is 0 Å². The Hall–Kier alpha value is -1.58. The van der Waals surface area contributed by atoms with E-state index in [1.165, 1.54) is 63.4 Å². The molecule has 0 heterocycles. The van der Waals surface area contributed by atoms with Gasteiger partial charge in [-0.25, -0.2) is 9.18 Å². The van der Waals surface area contributed by atoms with Crippen LogP contribution in [-0.2, 0) is 9.53 Å². The lowest BCUT2D eigenvalue weighted by molar-refractivity contribution is -0.157. The number of carbonyl (C=O) groups excluding carboxylic acids is 1. The lowest BCUT2D eigenvalue weighted by Gasteiger charge is -2.29. The number of alkyl halides is 1. The maximum atomic E-state index is 13.9. The van der Waals surface area contributed by atoms with E-state index >= 15 is 0 Å². The van der Waals surface area contributed by atoms with Crippen LogP contribution in [0.25, 0.3) is 0 Å². The van der Waals surface area contributed by atoms with Gasteiger partial charge in [-0.15, -0.1) is 0 Å². The predicted molar refractivity (Wildman–Crippen MR) is 139 cm³/mol. The van der Waals surface area contributed by atoms with Gasteiger partial charge in [0.15, 0.2) is 6.17 Å². The van der Waals surface area contributed by atoms with Crippen molar-refractivity contribution in [3.05, 3.63) is 29.8 Å². The number of benzene rings is 1. The summed E-state index contributed by atoms with van der Waals surface area (Å²) in [5.41, 5.74) is 1.32. The highest BCUT2D eigenvalue weighted by molar-refractivity contribution is 5.74. The predicted octanol–water partition coefficient (Wildman–Crippen LogP) is 9.08. The van der Waals surface area contributed by atoms with E-state index in [4.69, 9.17) is 9.47 Å². The van der Waals surface area contributed by atoms with Crippen LogP contribution < -0.4 is 4.74 Å². The molecule has 1 atom stereocenters. The number of esters is 1. The van der Waals surface area contributed by atoms with Gasteiger partial charge < -0.3 is 9.47 Å². The summed E-state index contributed by atoms with van der Waals surface area (Å²) in [5, 5.41) is 0. The third-order valence-corrected chi connectivity index (χ3v) is 7.14. The van der Waals surface area contributed by atoms with Gasteiger partial charge in [-0.1, -0.05) is 96.6 Å². The molecule has 0 aliphatic heterocycles. The van der Waals surface area contributed by atoms with Gasteiger partial charge in [0.05, 0.1) is 6.61 Å². The molecule has 0 spiro atoms. The molecule has 34 heavy (non-hydrogen) atoms. The van der Waals surface area contributed by atoms with E-state index < -0.39 is 12.1 Å². The first-order valence-electron chi connectivity index (χ1n) is 14.2. The highest BCUT2D eigenvalue weighted by atomic mass is 19.1. The second kappa shape index (κ2) is 17.8. The van der Waals surface area contributed by atoms with Crippen LogP contribution in [0.3, 0.4) is 0 Å². The zero-order valence-corrected chi connectivity index (χ0v) is 21.9. The van der Waals surface area contributed by atoms with Crippen LogP contribution in [0.4, 0.5) is 4.39 Å². The van der Waals surface area contributed by atoms with Crippen molar-refractivity contribution in [1.82, 2.24) is 0 Å². The Kier molecular flexibility index (Phi) is 15.0. The Labute approximate surface area is 208 Å². The first kappa shape index (κ1) is 28.7. The van der Waals surface area contributed by atoms with Gasteiger partial charge in [-0.05, 0) is 62.1 Å². The zero-order valence-electron chi connectivity index (χ0n) is 21.9. The first-order valence-corrected chi connectivity index (χ1v) is 14.2. The summed E-state index contributed by atoms with van der Waals surface area (Å²) >= 11 is 0. The minimum Gasteiger partial charge on any atom is -0.494 e. The minimum absolute atomic E-state index is 0.132. The molecule has 0 amide bonds. The highest BCUT2D eigenvalue weighted by Gasteiger charge is 2.27. The van der Waals surface area contributed by atoms with Crippen molar-refractivity contribution in [3.8, 4) is 5.75 Å². The second-order valence-corrected chi connectivity index (χ2v) is 10.1. The molecule has 194 valence electrons. The Morgan fingerprint density at radius 2 is 1.38 bits per heavy atom. The van der Waals surface area contributed by atoms with Crippen LogP contribution >= 0.6 is 0 Å². The maximum absolute atomic E-state index is 13.9. The number of unbranched alkanes of at least 4 members (excludes halogenated alkanes) is 10. The summed E-state index contributed by atoms with van der Waals surface area (Å²) in [7, 11) is 0. The third-order valence-electron chi connectivity index (χ3n) is 7.14. The molecule has 0 radical (unpaired) electrons. The lowest BCUT2D eigenvalue weighted by atomic mass is 9.83. The van der Waals surface area contributed by atoms with Crippen molar-refractivity contribution in [2.45, 2.75) is 141 Å². The van der Waals surface area contributed by atoms with Crippen molar-refractivity contribution in [2.24, 2.45) is 0 Å². The summed E-state index contributed by atoms with van der Waals surface area (Å²) < 4.78 is 25.2. The minimum atomic E-state index is -1.47. The molecule has 0 aromatic heterocycles.